The van der Waals surface area contributed by atoms with Crippen LogP contribution in [0.3, 0.4) is 0 Å². The van der Waals surface area contributed by atoms with Crippen molar-refractivity contribution in [2.45, 2.75) is 18.9 Å². The average Bonchev–Trinajstić information content (AvgIpc) is 2.53. The lowest BCUT2D eigenvalue weighted by Crippen LogP contribution is -2.45. The van der Waals surface area contributed by atoms with Crippen LogP contribution in [0.1, 0.15) is 12.8 Å². The molecule has 1 heterocycles. The van der Waals surface area contributed by atoms with Gasteiger partial charge in [-0.05, 0) is 19.9 Å². The maximum absolute atomic E-state index is 11.8. The lowest BCUT2D eigenvalue weighted by atomic mass is 10.2. The van der Waals surface area contributed by atoms with Gasteiger partial charge in [0.25, 0.3) is 10.2 Å². The first-order valence-corrected chi connectivity index (χ1v) is 6.23. The molecule has 15 heavy (non-hydrogen) atoms. The van der Waals surface area contributed by atoms with Gasteiger partial charge in [0.15, 0.2) is 0 Å². The number of hydrogen-bond acceptors (Lipinski definition) is 3. The summed E-state index contributed by atoms with van der Waals surface area (Å²) >= 11 is 0. The highest BCUT2D eigenvalue weighted by molar-refractivity contribution is 7.86. The number of halogens is 1. The molecule has 1 aliphatic rings. The van der Waals surface area contributed by atoms with Gasteiger partial charge in [0.05, 0.1) is 0 Å². The molecule has 1 aliphatic heterocycles. The summed E-state index contributed by atoms with van der Waals surface area (Å²) in [5.74, 6) is 0. The normalized spacial score (nSPS) is 23.1. The molecule has 7 heteroatoms. The SMILES string of the molecule is CNCC1CCCN1S(=O)(=O)N(C)C.Cl. The maximum Gasteiger partial charge on any atom is 0.281 e. The van der Waals surface area contributed by atoms with Crippen molar-refractivity contribution >= 4 is 22.6 Å². The molecular weight excluding hydrogens is 238 g/mol. The van der Waals surface area contributed by atoms with E-state index in [4.69, 9.17) is 0 Å². The Balaban J connectivity index is 0.00000196. The van der Waals surface area contributed by atoms with E-state index in [1.54, 1.807) is 18.4 Å². The van der Waals surface area contributed by atoms with Crippen molar-refractivity contribution < 1.29 is 8.42 Å². The van der Waals surface area contributed by atoms with Crippen LogP contribution < -0.4 is 5.32 Å². The van der Waals surface area contributed by atoms with Crippen LogP contribution >= 0.6 is 12.4 Å². The fraction of sp³-hybridized carbons (Fsp3) is 1.00. The van der Waals surface area contributed by atoms with Gasteiger partial charge < -0.3 is 5.32 Å². The lowest BCUT2D eigenvalue weighted by Gasteiger charge is -2.26. The third kappa shape index (κ3) is 3.29. The molecule has 5 nitrogen and oxygen atoms in total. The van der Waals surface area contributed by atoms with Crippen molar-refractivity contribution in [1.82, 2.24) is 13.9 Å². The van der Waals surface area contributed by atoms with Crippen LogP contribution in [0.15, 0.2) is 0 Å². The molecule has 1 rings (SSSR count). The van der Waals surface area contributed by atoms with Crippen molar-refractivity contribution in [3.63, 3.8) is 0 Å². The molecule has 1 saturated heterocycles. The summed E-state index contributed by atoms with van der Waals surface area (Å²) in [4.78, 5) is 0. The second-order valence-electron chi connectivity index (χ2n) is 3.75. The monoisotopic (exact) mass is 257 g/mol. The van der Waals surface area contributed by atoms with Gasteiger partial charge in [-0.25, -0.2) is 0 Å². The van der Waals surface area contributed by atoms with E-state index >= 15 is 0 Å². The lowest BCUT2D eigenvalue weighted by molar-refractivity contribution is 0.351. The predicted octanol–water partition coefficient (Wildman–Crippen LogP) is -0.102. The zero-order valence-corrected chi connectivity index (χ0v) is 11.1. The number of nitrogens with zero attached hydrogens (tertiary/aromatic N) is 2. The van der Waals surface area contributed by atoms with Crippen molar-refractivity contribution in [2.24, 2.45) is 0 Å². The summed E-state index contributed by atoms with van der Waals surface area (Å²) in [5.41, 5.74) is 0. The van der Waals surface area contributed by atoms with Crippen LogP contribution in [0, 0.1) is 0 Å². The first-order valence-electron chi connectivity index (χ1n) is 4.84. The smallest absolute Gasteiger partial charge is 0.281 e. The summed E-state index contributed by atoms with van der Waals surface area (Å²) in [6, 6.07) is 0.118. The molecule has 0 aromatic carbocycles. The van der Waals surface area contributed by atoms with Crippen molar-refractivity contribution in [3.05, 3.63) is 0 Å². The Labute approximate surface area is 98.4 Å². The van der Waals surface area contributed by atoms with E-state index in [1.807, 2.05) is 7.05 Å². The Bertz CT molecular complexity index is 282. The van der Waals surface area contributed by atoms with Crippen molar-refractivity contribution in [2.75, 3.05) is 34.2 Å². The molecule has 0 aromatic heterocycles. The maximum atomic E-state index is 11.8. The zero-order valence-electron chi connectivity index (χ0n) is 9.43. The van der Waals surface area contributed by atoms with Gasteiger partial charge in [0.2, 0.25) is 0 Å². The Morgan fingerprint density at radius 3 is 2.53 bits per heavy atom. The first-order chi connectivity index (χ1) is 6.50. The van der Waals surface area contributed by atoms with Crippen LogP contribution in [0.4, 0.5) is 0 Å². The summed E-state index contributed by atoms with van der Waals surface area (Å²) in [6.07, 6.45) is 1.91. The van der Waals surface area contributed by atoms with E-state index in [2.05, 4.69) is 5.32 Å². The molecule has 0 amide bonds. The Kier molecular flexibility index (Phi) is 6.05. The summed E-state index contributed by atoms with van der Waals surface area (Å²) < 4.78 is 26.5. The van der Waals surface area contributed by atoms with Gasteiger partial charge in [-0.2, -0.15) is 17.0 Å². The molecule has 0 bridgehead atoms. The minimum absolute atomic E-state index is 0. The second-order valence-corrected chi connectivity index (χ2v) is 5.85. The topological polar surface area (TPSA) is 52.7 Å². The van der Waals surface area contributed by atoms with E-state index in [-0.39, 0.29) is 18.4 Å². The van der Waals surface area contributed by atoms with Crippen LogP contribution in [-0.4, -0.2) is 57.3 Å². The van der Waals surface area contributed by atoms with Crippen molar-refractivity contribution in [3.8, 4) is 0 Å². The van der Waals surface area contributed by atoms with Crippen LogP contribution in [0.2, 0.25) is 0 Å². The van der Waals surface area contributed by atoms with Gasteiger partial charge in [-0.3, -0.25) is 0 Å². The summed E-state index contributed by atoms with van der Waals surface area (Å²) in [7, 11) is 1.77. The second kappa shape index (κ2) is 6.00. The molecule has 1 N–H and O–H groups in total. The fourth-order valence-corrected chi connectivity index (χ4v) is 3.10. The summed E-state index contributed by atoms with van der Waals surface area (Å²) in [6.45, 7) is 1.37. The number of rotatable bonds is 4. The van der Waals surface area contributed by atoms with Gasteiger partial charge in [0, 0.05) is 33.2 Å². The molecule has 0 aromatic rings. The number of nitrogens with one attached hydrogen (secondary N) is 1. The minimum atomic E-state index is -3.22. The Morgan fingerprint density at radius 1 is 1.47 bits per heavy atom. The molecule has 1 fully saturated rings. The van der Waals surface area contributed by atoms with Crippen molar-refractivity contribution in [1.29, 1.82) is 0 Å². The van der Waals surface area contributed by atoms with Crippen LogP contribution in [0.25, 0.3) is 0 Å². The van der Waals surface area contributed by atoms with Crippen LogP contribution in [0.5, 0.6) is 0 Å². The van der Waals surface area contributed by atoms with Gasteiger partial charge >= 0.3 is 0 Å². The highest BCUT2D eigenvalue weighted by Gasteiger charge is 2.34. The van der Waals surface area contributed by atoms with E-state index in [0.717, 1.165) is 19.4 Å². The number of likely N-dealkylation sites (N-methyl/N-ethyl adjacent to an activating group) is 1. The van der Waals surface area contributed by atoms with E-state index in [0.29, 0.717) is 6.54 Å². The average molecular weight is 258 g/mol. The number of hydrogen-bond donors (Lipinski definition) is 1. The fourth-order valence-electron chi connectivity index (χ4n) is 1.76. The first kappa shape index (κ1) is 15.1. The van der Waals surface area contributed by atoms with E-state index in [1.165, 1.54) is 4.31 Å². The standard InChI is InChI=1S/C8H19N3O2S.ClH/c1-9-7-8-5-4-6-11(8)14(12,13)10(2)3;/h8-9H,4-7H2,1-3H3;1H. The highest BCUT2D eigenvalue weighted by Crippen LogP contribution is 2.21. The van der Waals surface area contributed by atoms with Gasteiger partial charge in [-0.1, -0.05) is 0 Å². The Hall–Kier alpha value is 0.120. The largest absolute Gasteiger partial charge is 0.318 e. The van der Waals surface area contributed by atoms with Gasteiger partial charge in [0.1, 0.15) is 0 Å². The molecule has 1 unspecified atom stereocenters. The molecule has 1 atom stereocenters. The summed E-state index contributed by atoms with van der Waals surface area (Å²) in [5, 5.41) is 3.03. The van der Waals surface area contributed by atoms with E-state index in [9.17, 15) is 8.42 Å². The van der Waals surface area contributed by atoms with E-state index < -0.39 is 10.2 Å². The van der Waals surface area contributed by atoms with Crippen LogP contribution in [-0.2, 0) is 10.2 Å². The molecule has 0 radical (unpaired) electrons. The zero-order chi connectivity index (χ0) is 10.8. The third-order valence-corrected chi connectivity index (χ3v) is 4.52. The Morgan fingerprint density at radius 2 is 2.07 bits per heavy atom. The molecule has 0 spiro atoms. The third-order valence-electron chi connectivity index (χ3n) is 2.52. The minimum Gasteiger partial charge on any atom is -0.318 e. The molecule has 0 aliphatic carbocycles. The molecule has 92 valence electrons. The quantitative estimate of drug-likeness (QED) is 0.765. The molecular formula is C8H20ClN3O2S. The highest BCUT2D eigenvalue weighted by atomic mass is 35.5. The predicted molar refractivity (Wildman–Crippen MR) is 63.5 cm³/mol. The molecule has 0 saturated carbocycles. The van der Waals surface area contributed by atoms with Gasteiger partial charge in [-0.15, -0.1) is 12.4 Å².